The lowest BCUT2D eigenvalue weighted by Gasteiger charge is -2.17. The maximum Gasteiger partial charge on any atom is 0.125 e. The van der Waals surface area contributed by atoms with Gasteiger partial charge in [0.05, 0.1) is 0 Å². The highest BCUT2D eigenvalue weighted by Crippen LogP contribution is 2.31. The van der Waals surface area contributed by atoms with E-state index in [-0.39, 0.29) is 6.04 Å². The number of rotatable bonds is 5. The summed E-state index contributed by atoms with van der Waals surface area (Å²) >= 11 is 15.8. The summed E-state index contributed by atoms with van der Waals surface area (Å²) in [5, 5.41) is 4.44. The molecule has 0 bridgehead atoms. The molecule has 0 aromatic heterocycles. The number of nitrogens with one attached hydrogen (secondary N) is 1. The lowest BCUT2D eigenvalue weighted by molar-refractivity contribution is 0.300. The van der Waals surface area contributed by atoms with E-state index in [2.05, 4.69) is 28.2 Å². The quantitative estimate of drug-likeness (QED) is 0.718. The van der Waals surface area contributed by atoms with Gasteiger partial charge in [0.2, 0.25) is 0 Å². The molecular formula is C16H16BrCl2NO. The van der Waals surface area contributed by atoms with E-state index >= 15 is 0 Å². The summed E-state index contributed by atoms with van der Waals surface area (Å²) in [6.45, 7) is 2.41. The third-order valence-electron chi connectivity index (χ3n) is 3.31. The topological polar surface area (TPSA) is 21.3 Å². The Kier molecular flexibility index (Phi) is 5.94. The highest BCUT2D eigenvalue weighted by Gasteiger charge is 2.12. The first-order valence-electron chi connectivity index (χ1n) is 6.55. The van der Waals surface area contributed by atoms with Crippen LogP contribution in [0.5, 0.6) is 5.75 Å². The van der Waals surface area contributed by atoms with Crippen molar-refractivity contribution in [2.75, 3.05) is 7.05 Å². The Morgan fingerprint density at radius 2 is 1.86 bits per heavy atom. The van der Waals surface area contributed by atoms with Gasteiger partial charge in [0.15, 0.2) is 0 Å². The van der Waals surface area contributed by atoms with Gasteiger partial charge in [-0.05, 0) is 38.2 Å². The van der Waals surface area contributed by atoms with Crippen molar-refractivity contribution < 1.29 is 4.74 Å². The Morgan fingerprint density at radius 3 is 2.48 bits per heavy atom. The molecule has 1 N–H and O–H groups in total. The molecule has 0 heterocycles. The summed E-state index contributed by atoms with van der Waals surface area (Å²) in [4.78, 5) is 0. The maximum absolute atomic E-state index is 6.17. The lowest BCUT2D eigenvalue weighted by Crippen LogP contribution is -2.13. The summed E-state index contributed by atoms with van der Waals surface area (Å²) < 4.78 is 6.92. The van der Waals surface area contributed by atoms with Gasteiger partial charge in [0.1, 0.15) is 12.4 Å². The molecular weight excluding hydrogens is 373 g/mol. The largest absolute Gasteiger partial charge is 0.488 e. The molecule has 1 atom stereocenters. The van der Waals surface area contributed by atoms with Crippen LogP contribution in [0.4, 0.5) is 0 Å². The first-order chi connectivity index (χ1) is 10.0. The number of benzene rings is 2. The van der Waals surface area contributed by atoms with Crippen molar-refractivity contribution in [2.45, 2.75) is 19.6 Å². The van der Waals surface area contributed by atoms with Crippen molar-refractivity contribution >= 4 is 39.1 Å². The molecule has 0 fully saturated rings. The third-order valence-corrected chi connectivity index (χ3v) is 4.51. The van der Waals surface area contributed by atoms with Gasteiger partial charge in [-0.3, -0.25) is 0 Å². The average Bonchev–Trinajstić information content (AvgIpc) is 2.46. The fraction of sp³-hybridized carbons (Fsp3) is 0.250. The van der Waals surface area contributed by atoms with Crippen LogP contribution >= 0.6 is 39.1 Å². The number of hydrogen-bond acceptors (Lipinski definition) is 2. The summed E-state index contributed by atoms with van der Waals surface area (Å²) in [5.41, 5.74) is 1.88. The zero-order valence-corrected chi connectivity index (χ0v) is 14.9. The van der Waals surface area contributed by atoms with E-state index in [4.69, 9.17) is 27.9 Å². The van der Waals surface area contributed by atoms with Gasteiger partial charge < -0.3 is 10.1 Å². The standard InChI is InChI=1S/C16H16BrCl2NO/c1-10(20-2)12-7-6-11(17)8-16(12)21-9-13-14(18)4-3-5-15(13)19/h3-8,10,20H,9H2,1-2H3. The molecule has 0 radical (unpaired) electrons. The molecule has 2 aromatic carbocycles. The van der Waals surface area contributed by atoms with Gasteiger partial charge in [-0.1, -0.05) is 51.3 Å². The predicted octanol–water partition coefficient (Wildman–Crippen LogP) is 5.62. The SMILES string of the molecule is CNC(C)c1ccc(Br)cc1OCc1c(Cl)cccc1Cl. The van der Waals surface area contributed by atoms with E-state index in [0.717, 1.165) is 21.3 Å². The Bertz CT molecular complexity index is 613. The minimum Gasteiger partial charge on any atom is -0.488 e. The van der Waals surface area contributed by atoms with E-state index < -0.39 is 0 Å². The molecule has 0 amide bonds. The third kappa shape index (κ3) is 4.13. The van der Waals surface area contributed by atoms with Crippen molar-refractivity contribution in [1.29, 1.82) is 0 Å². The molecule has 2 rings (SSSR count). The fourth-order valence-corrected chi connectivity index (χ4v) is 2.81. The van der Waals surface area contributed by atoms with Gasteiger partial charge in [-0.2, -0.15) is 0 Å². The van der Waals surface area contributed by atoms with Crippen molar-refractivity contribution in [3.63, 3.8) is 0 Å². The highest BCUT2D eigenvalue weighted by atomic mass is 79.9. The number of halogens is 3. The molecule has 1 unspecified atom stereocenters. The Labute approximate surface area is 143 Å². The lowest BCUT2D eigenvalue weighted by atomic mass is 10.1. The van der Waals surface area contributed by atoms with E-state index in [9.17, 15) is 0 Å². The van der Waals surface area contributed by atoms with E-state index in [1.807, 2.05) is 43.4 Å². The van der Waals surface area contributed by atoms with Crippen LogP contribution in [-0.2, 0) is 6.61 Å². The monoisotopic (exact) mass is 387 g/mol. The minimum atomic E-state index is 0.190. The molecule has 5 heteroatoms. The second-order valence-corrected chi connectivity index (χ2v) is 6.41. The number of hydrogen-bond donors (Lipinski definition) is 1. The summed E-state index contributed by atoms with van der Waals surface area (Å²) in [6.07, 6.45) is 0. The van der Waals surface area contributed by atoms with Gasteiger partial charge >= 0.3 is 0 Å². The van der Waals surface area contributed by atoms with Crippen LogP contribution in [0, 0.1) is 0 Å². The second-order valence-electron chi connectivity index (χ2n) is 4.68. The zero-order valence-electron chi connectivity index (χ0n) is 11.8. The maximum atomic E-state index is 6.17. The Balaban J connectivity index is 2.25. The second kappa shape index (κ2) is 7.50. The van der Waals surface area contributed by atoms with Crippen LogP contribution < -0.4 is 10.1 Å². The molecule has 0 spiro atoms. The molecule has 0 aliphatic carbocycles. The molecule has 0 aliphatic heterocycles. The van der Waals surface area contributed by atoms with Gasteiger partial charge in [0, 0.05) is 31.7 Å². The van der Waals surface area contributed by atoms with Crippen molar-refractivity contribution in [1.82, 2.24) is 5.32 Å². The summed E-state index contributed by atoms with van der Waals surface area (Å²) in [7, 11) is 1.92. The fourth-order valence-electron chi connectivity index (χ4n) is 1.97. The molecule has 2 aromatic rings. The van der Waals surface area contributed by atoms with Gasteiger partial charge in [-0.25, -0.2) is 0 Å². The van der Waals surface area contributed by atoms with E-state index in [0.29, 0.717) is 16.7 Å². The molecule has 0 saturated carbocycles. The predicted molar refractivity (Wildman–Crippen MR) is 92.4 cm³/mol. The molecule has 2 nitrogen and oxygen atoms in total. The van der Waals surface area contributed by atoms with Crippen LogP contribution in [0.3, 0.4) is 0 Å². The summed E-state index contributed by atoms with van der Waals surface area (Å²) in [6, 6.07) is 11.6. The van der Waals surface area contributed by atoms with Crippen molar-refractivity contribution in [3.05, 3.63) is 62.0 Å². The van der Waals surface area contributed by atoms with Crippen molar-refractivity contribution in [2.24, 2.45) is 0 Å². The number of ether oxygens (including phenoxy) is 1. The minimum absolute atomic E-state index is 0.190. The van der Waals surface area contributed by atoms with Crippen LogP contribution in [-0.4, -0.2) is 7.05 Å². The van der Waals surface area contributed by atoms with E-state index in [1.54, 1.807) is 0 Å². The highest BCUT2D eigenvalue weighted by molar-refractivity contribution is 9.10. The van der Waals surface area contributed by atoms with Crippen LogP contribution in [0.15, 0.2) is 40.9 Å². The Morgan fingerprint density at radius 1 is 1.19 bits per heavy atom. The van der Waals surface area contributed by atoms with Crippen LogP contribution in [0.1, 0.15) is 24.1 Å². The first-order valence-corrected chi connectivity index (χ1v) is 8.10. The smallest absolute Gasteiger partial charge is 0.125 e. The first kappa shape index (κ1) is 16.6. The van der Waals surface area contributed by atoms with Crippen LogP contribution in [0.2, 0.25) is 10.0 Å². The molecule has 0 saturated heterocycles. The van der Waals surface area contributed by atoms with Crippen molar-refractivity contribution in [3.8, 4) is 5.75 Å². The zero-order chi connectivity index (χ0) is 15.4. The molecule has 0 aliphatic rings. The Hall–Kier alpha value is -0.740. The average molecular weight is 389 g/mol. The molecule has 112 valence electrons. The molecule has 21 heavy (non-hydrogen) atoms. The normalized spacial score (nSPS) is 12.2. The van der Waals surface area contributed by atoms with E-state index in [1.165, 1.54) is 0 Å². The van der Waals surface area contributed by atoms with Gasteiger partial charge in [0.25, 0.3) is 0 Å². The van der Waals surface area contributed by atoms with Gasteiger partial charge in [-0.15, -0.1) is 0 Å². The summed E-state index contributed by atoms with van der Waals surface area (Å²) in [5.74, 6) is 0.808. The van der Waals surface area contributed by atoms with Crippen LogP contribution in [0.25, 0.3) is 0 Å².